The summed E-state index contributed by atoms with van der Waals surface area (Å²) in [5, 5.41) is 0. The van der Waals surface area contributed by atoms with Crippen molar-refractivity contribution in [3.8, 4) is 0 Å². The Balaban J connectivity index is 2.33. The van der Waals surface area contributed by atoms with Crippen LogP contribution in [0.15, 0.2) is 42.5 Å². The first kappa shape index (κ1) is 14.1. The fourth-order valence-corrected chi connectivity index (χ4v) is 1.32. The molecule has 1 aromatic rings. The molecule has 18 heavy (non-hydrogen) atoms. The third kappa shape index (κ3) is 5.39. The van der Waals surface area contributed by atoms with E-state index in [2.05, 4.69) is 0 Å². The zero-order valence-electron chi connectivity index (χ0n) is 10.1. The smallest absolute Gasteiger partial charge is 0.313 e. The van der Waals surface area contributed by atoms with Crippen LogP contribution >= 0.6 is 0 Å². The Kier molecular flexibility index (Phi) is 5.77. The van der Waals surface area contributed by atoms with Gasteiger partial charge in [-0.05, 0) is 24.6 Å². The molecule has 0 aromatic heterocycles. The number of carbonyl (C=O) groups excluding carboxylic acids is 2. The summed E-state index contributed by atoms with van der Waals surface area (Å²) in [7, 11) is 0. The zero-order chi connectivity index (χ0) is 13.4. The molecule has 0 saturated carbocycles. The third-order valence-corrected chi connectivity index (χ3v) is 2.16. The van der Waals surface area contributed by atoms with Crippen molar-refractivity contribution >= 4 is 11.8 Å². The van der Waals surface area contributed by atoms with E-state index in [1.165, 1.54) is 19.1 Å². The fraction of sp³-hybridized carbons (Fsp3) is 0.286. The SMILES string of the molecule is CC(=O)CC(=O)OCC=CC(F)c1ccccc1. The molecular formula is C14H15FO3. The normalized spacial score (nSPS) is 12.3. The Labute approximate surface area is 105 Å². The van der Waals surface area contributed by atoms with E-state index in [1.807, 2.05) is 6.07 Å². The van der Waals surface area contributed by atoms with E-state index in [-0.39, 0.29) is 18.8 Å². The highest BCUT2D eigenvalue weighted by molar-refractivity contribution is 5.94. The average Bonchev–Trinajstić information content (AvgIpc) is 2.34. The maximum Gasteiger partial charge on any atom is 0.313 e. The van der Waals surface area contributed by atoms with Crippen LogP contribution in [0.5, 0.6) is 0 Å². The number of hydrogen-bond donors (Lipinski definition) is 0. The Hall–Kier alpha value is -1.97. The molecule has 0 N–H and O–H groups in total. The summed E-state index contributed by atoms with van der Waals surface area (Å²) >= 11 is 0. The van der Waals surface area contributed by atoms with E-state index in [4.69, 9.17) is 4.74 Å². The van der Waals surface area contributed by atoms with Crippen molar-refractivity contribution in [2.75, 3.05) is 6.61 Å². The summed E-state index contributed by atoms with van der Waals surface area (Å²) in [4.78, 5) is 21.6. The second-order valence-corrected chi connectivity index (χ2v) is 3.80. The van der Waals surface area contributed by atoms with Crippen molar-refractivity contribution in [2.45, 2.75) is 19.5 Å². The van der Waals surface area contributed by atoms with Gasteiger partial charge in [0, 0.05) is 0 Å². The molecule has 1 rings (SSSR count). The van der Waals surface area contributed by atoms with Crippen molar-refractivity contribution < 1.29 is 18.7 Å². The van der Waals surface area contributed by atoms with Crippen LogP contribution < -0.4 is 0 Å². The number of allylic oxidation sites excluding steroid dienone is 1. The second kappa shape index (κ2) is 7.37. The molecule has 0 spiro atoms. The number of ether oxygens (including phenoxy) is 1. The van der Waals surface area contributed by atoms with Gasteiger partial charge in [-0.15, -0.1) is 0 Å². The molecule has 0 heterocycles. The predicted octanol–water partition coefficient (Wildman–Crippen LogP) is 2.78. The van der Waals surface area contributed by atoms with Crippen LogP contribution in [0.3, 0.4) is 0 Å². The van der Waals surface area contributed by atoms with Gasteiger partial charge in [-0.1, -0.05) is 30.3 Å². The molecule has 1 aromatic carbocycles. The highest BCUT2D eigenvalue weighted by Gasteiger charge is 2.06. The monoisotopic (exact) mass is 250 g/mol. The van der Waals surface area contributed by atoms with Crippen molar-refractivity contribution in [3.05, 3.63) is 48.0 Å². The highest BCUT2D eigenvalue weighted by Crippen LogP contribution is 2.17. The van der Waals surface area contributed by atoms with Gasteiger partial charge in [0.25, 0.3) is 0 Å². The first-order valence-electron chi connectivity index (χ1n) is 5.60. The van der Waals surface area contributed by atoms with Crippen LogP contribution in [-0.4, -0.2) is 18.4 Å². The van der Waals surface area contributed by atoms with E-state index < -0.39 is 12.1 Å². The topological polar surface area (TPSA) is 43.4 Å². The molecule has 1 unspecified atom stereocenters. The lowest BCUT2D eigenvalue weighted by atomic mass is 10.1. The minimum absolute atomic E-state index is 0.0284. The molecule has 0 radical (unpaired) electrons. The molecule has 0 aliphatic rings. The summed E-state index contributed by atoms with van der Waals surface area (Å²) < 4.78 is 18.3. The van der Waals surface area contributed by atoms with E-state index in [1.54, 1.807) is 24.3 Å². The molecule has 0 amide bonds. The van der Waals surface area contributed by atoms with Gasteiger partial charge >= 0.3 is 5.97 Å². The van der Waals surface area contributed by atoms with Gasteiger partial charge in [-0.25, -0.2) is 4.39 Å². The number of esters is 1. The summed E-state index contributed by atoms with van der Waals surface area (Å²) in [6.45, 7) is 1.28. The number of Topliss-reactive ketones (excluding diaryl/α,β-unsaturated/α-hetero) is 1. The molecule has 4 heteroatoms. The molecule has 0 aliphatic carbocycles. The summed E-state index contributed by atoms with van der Waals surface area (Å²) in [6, 6.07) is 8.67. The van der Waals surface area contributed by atoms with Crippen LogP contribution in [0, 0.1) is 0 Å². The van der Waals surface area contributed by atoms with Crippen molar-refractivity contribution in [2.24, 2.45) is 0 Å². The fourth-order valence-electron chi connectivity index (χ4n) is 1.32. The summed E-state index contributed by atoms with van der Waals surface area (Å²) in [5.41, 5.74) is 0.545. The number of carbonyl (C=O) groups is 2. The zero-order valence-corrected chi connectivity index (χ0v) is 10.1. The van der Waals surface area contributed by atoms with E-state index in [0.29, 0.717) is 5.56 Å². The maximum atomic E-state index is 13.6. The minimum atomic E-state index is -1.22. The van der Waals surface area contributed by atoms with Crippen molar-refractivity contribution in [1.29, 1.82) is 0 Å². The van der Waals surface area contributed by atoms with Crippen LogP contribution in [0.4, 0.5) is 4.39 Å². The highest BCUT2D eigenvalue weighted by atomic mass is 19.1. The molecule has 0 saturated heterocycles. The maximum absolute atomic E-state index is 13.6. The number of rotatable bonds is 6. The molecule has 96 valence electrons. The van der Waals surface area contributed by atoms with Gasteiger partial charge in [0.2, 0.25) is 0 Å². The summed E-state index contributed by atoms with van der Waals surface area (Å²) in [5.74, 6) is -0.848. The Bertz CT molecular complexity index is 426. The third-order valence-electron chi connectivity index (χ3n) is 2.16. The van der Waals surface area contributed by atoms with Gasteiger partial charge < -0.3 is 4.74 Å². The predicted molar refractivity (Wildman–Crippen MR) is 65.7 cm³/mol. The van der Waals surface area contributed by atoms with Crippen molar-refractivity contribution in [1.82, 2.24) is 0 Å². The Morgan fingerprint density at radius 3 is 2.61 bits per heavy atom. The van der Waals surface area contributed by atoms with Gasteiger partial charge in [0.15, 0.2) is 0 Å². The lowest BCUT2D eigenvalue weighted by Gasteiger charge is -2.03. The van der Waals surface area contributed by atoms with Crippen molar-refractivity contribution in [3.63, 3.8) is 0 Å². The van der Waals surface area contributed by atoms with Crippen LogP contribution in [-0.2, 0) is 14.3 Å². The Morgan fingerprint density at radius 1 is 1.33 bits per heavy atom. The lowest BCUT2D eigenvalue weighted by Crippen LogP contribution is -2.08. The van der Waals surface area contributed by atoms with Gasteiger partial charge in [0.05, 0.1) is 0 Å². The number of alkyl halides is 1. The summed E-state index contributed by atoms with van der Waals surface area (Å²) in [6.07, 6.45) is 1.27. The average molecular weight is 250 g/mol. The van der Waals surface area contributed by atoms with Crippen LogP contribution in [0.2, 0.25) is 0 Å². The van der Waals surface area contributed by atoms with Gasteiger partial charge in [-0.2, -0.15) is 0 Å². The van der Waals surface area contributed by atoms with Crippen LogP contribution in [0.25, 0.3) is 0 Å². The minimum Gasteiger partial charge on any atom is -0.461 e. The van der Waals surface area contributed by atoms with Crippen LogP contribution in [0.1, 0.15) is 25.1 Å². The first-order valence-corrected chi connectivity index (χ1v) is 5.60. The number of ketones is 1. The molecule has 0 fully saturated rings. The van der Waals surface area contributed by atoms with E-state index in [9.17, 15) is 14.0 Å². The molecule has 1 atom stereocenters. The molecule has 0 bridgehead atoms. The standard InChI is InChI=1S/C14H15FO3/c1-11(16)10-14(17)18-9-5-8-13(15)12-6-3-2-4-7-12/h2-8,13H,9-10H2,1H3. The molecule has 0 aliphatic heterocycles. The second-order valence-electron chi connectivity index (χ2n) is 3.80. The van der Waals surface area contributed by atoms with E-state index >= 15 is 0 Å². The number of benzene rings is 1. The lowest BCUT2D eigenvalue weighted by molar-refractivity contribution is -0.144. The van der Waals surface area contributed by atoms with Gasteiger partial charge in [-0.3, -0.25) is 9.59 Å². The quantitative estimate of drug-likeness (QED) is 0.443. The molecule has 3 nitrogen and oxygen atoms in total. The largest absolute Gasteiger partial charge is 0.461 e. The first-order chi connectivity index (χ1) is 8.59. The molecular weight excluding hydrogens is 235 g/mol. The van der Waals surface area contributed by atoms with E-state index in [0.717, 1.165) is 0 Å². The number of hydrogen-bond acceptors (Lipinski definition) is 3. The number of halogens is 1. The Morgan fingerprint density at radius 2 is 2.00 bits per heavy atom. The van der Waals surface area contributed by atoms with Gasteiger partial charge in [0.1, 0.15) is 25.0 Å².